The van der Waals surface area contributed by atoms with Crippen molar-refractivity contribution >= 4 is 24.8 Å². The fourth-order valence-corrected chi connectivity index (χ4v) is 5.57. The van der Waals surface area contributed by atoms with Crippen molar-refractivity contribution in [3.63, 3.8) is 0 Å². The maximum atomic E-state index is 3.26. The third-order valence-electron chi connectivity index (χ3n) is 7.12. The number of rotatable bonds is 5. The molecule has 5 aromatic rings. The van der Waals surface area contributed by atoms with E-state index in [1.807, 2.05) is 0 Å². The second-order valence-corrected chi connectivity index (χ2v) is 11.4. The molecule has 0 bridgehead atoms. The average Bonchev–Trinajstić information content (AvgIpc) is 3.66. The molecule has 3 heteroatoms. The minimum atomic E-state index is 0. The second-order valence-electron chi connectivity index (χ2n) is 10.2. The Morgan fingerprint density at radius 3 is 1.54 bits per heavy atom. The second kappa shape index (κ2) is 17.5. The van der Waals surface area contributed by atoms with Gasteiger partial charge in [-0.05, 0) is 12.8 Å². The van der Waals surface area contributed by atoms with Crippen LogP contribution in [-0.2, 0) is 37.1 Å². The van der Waals surface area contributed by atoms with Crippen LogP contribution in [0.25, 0.3) is 21.5 Å². The summed E-state index contributed by atoms with van der Waals surface area (Å²) in [7, 11) is 0. The first kappa shape index (κ1) is 34.8. The molecular weight excluding hydrogens is 619 g/mol. The first-order valence-electron chi connectivity index (χ1n) is 14.1. The summed E-state index contributed by atoms with van der Waals surface area (Å²) in [6, 6.07) is 37.1. The Bertz CT molecular complexity index is 1480. The molecule has 6 rings (SSSR count). The molecule has 5 aromatic carbocycles. The maximum absolute atomic E-state index is 3.26. The summed E-state index contributed by atoms with van der Waals surface area (Å²) < 4.78 is 1.42. The first-order valence-corrected chi connectivity index (χ1v) is 15.3. The minimum absolute atomic E-state index is 0. The van der Waals surface area contributed by atoms with Crippen LogP contribution >= 0.6 is 0 Å². The van der Waals surface area contributed by atoms with Gasteiger partial charge in [-0.1, -0.05) is 69.0 Å². The Morgan fingerprint density at radius 1 is 0.732 bits per heavy atom. The number of aryl methyl sites for hydroxylation is 2. The van der Waals surface area contributed by atoms with Gasteiger partial charge in [-0.15, -0.1) is 46.2 Å². The fraction of sp³-hybridized carbons (Fsp3) is 0.211. The van der Waals surface area contributed by atoms with Gasteiger partial charge in [-0.3, -0.25) is 6.08 Å². The van der Waals surface area contributed by atoms with Crippen molar-refractivity contribution in [2.45, 2.75) is 47.0 Å². The molecule has 41 heavy (non-hydrogen) atoms. The van der Waals surface area contributed by atoms with Crippen molar-refractivity contribution in [1.82, 2.24) is 0 Å². The van der Waals surface area contributed by atoms with Gasteiger partial charge in [0.1, 0.15) is 0 Å². The van der Waals surface area contributed by atoms with Gasteiger partial charge in [0.05, 0.1) is 0 Å². The van der Waals surface area contributed by atoms with E-state index in [9.17, 15) is 0 Å². The third kappa shape index (κ3) is 9.54. The molecule has 0 N–H and O–H groups in total. The van der Waals surface area contributed by atoms with Crippen LogP contribution in [0.3, 0.4) is 0 Å². The summed E-state index contributed by atoms with van der Waals surface area (Å²) in [6.07, 6.45) is 10.8. The average molecular weight is 657 g/mol. The van der Waals surface area contributed by atoms with E-state index >= 15 is 0 Å². The van der Waals surface area contributed by atoms with Crippen LogP contribution < -0.4 is 24.8 Å². The third-order valence-corrected chi connectivity index (χ3v) is 8.54. The van der Waals surface area contributed by atoms with Gasteiger partial charge in [-0.25, -0.2) is 11.6 Å². The van der Waals surface area contributed by atoms with Gasteiger partial charge in [0.2, 0.25) is 0 Å². The molecule has 1 aliphatic rings. The van der Waals surface area contributed by atoms with E-state index in [2.05, 4.69) is 149 Å². The van der Waals surface area contributed by atoms with Crippen molar-refractivity contribution in [2.24, 2.45) is 5.92 Å². The Kier molecular flexibility index (Phi) is 14.8. The van der Waals surface area contributed by atoms with Crippen LogP contribution in [0.4, 0.5) is 0 Å². The Hall–Kier alpha value is -2.44. The zero-order valence-electron chi connectivity index (χ0n) is 24.4. The van der Waals surface area contributed by atoms with Crippen LogP contribution in [0.2, 0.25) is 0 Å². The molecule has 0 fully saturated rings. The summed E-state index contributed by atoms with van der Waals surface area (Å²) in [5.41, 5.74) is 6.87. The Balaban J connectivity index is 0.000000223. The molecule has 0 atom stereocenters. The molecule has 0 radical (unpaired) electrons. The number of benzene rings is 4. The van der Waals surface area contributed by atoms with E-state index in [0.717, 1.165) is 19.3 Å². The normalized spacial score (nSPS) is 11.5. The molecule has 0 saturated heterocycles. The van der Waals surface area contributed by atoms with Crippen LogP contribution in [0.5, 0.6) is 0 Å². The van der Waals surface area contributed by atoms with Crippen molar-refractivity contribution in [1.29, 1.82) is 0 Å². The number of halogens is 2. The van der Waals surface area contributed by atoms with E-state index < -0.39 is 0 Å². The topological polar surface area (TPSA) is 0 Å². The summed E-state index contributed by atoms with van der Waals surface area (Å²) in [4.78, 5) is 0. The zero-order chi connectivity index (χ0) is 27.6. The molecule has 0 aliphatic heterocycles. The molecule has 0 nitrogen and oxygen atoms in total. The van der Waals surface area contributed by atoms with E-state index in [4.69, 9.17) is 0 Å². The van der Waals surface area contributed by atoms with Gasteiger partial charge in [0, 0.05) is 0 Å². The molecule has 210 valence electrons. The van der Waals surface area contributed by atoms with Crippen molar-refractivity contribution in [2.75, 3.05) is 0 Å². The number of fused-ring (bicyclic) bond motifs is 3. The van der Waals surface area contributed by atoms with Crippen LogP contribution in [0.1, 0.15) is 56.4 Å². The molecule has 0 unspecified atom stereocenters. The molecule has 1 aliphatic carbocycles. The predicted octanol–water partition coefficient (Wildman–Crippen LogP) is 3.98. The Labute approximate surface area is 274 Å². The van der Waals surface area contributed by atoms with Crippen molar-refractivity contribution in [3.05, 3.63) is 149 Å². The van der Waals surface area contributed by atoms with E-state index in [1.165, 1.54) is 76.8 Å². The van der Waals surface area contributed by atoms with Gasteiger partial charge in [0.15, 0.2) is 0 Å². The molecular formula is C38H38Cl2Zr-2. The molecule has 0 spiro atoms. The summed E-state index contributed by atoms with van der Waals surface area (Å²) in [6.45, 7) is 8.80. The molecule has 0 heterocycles. The predicted molar refractivity (Wildman–Crippen MR) is 167 cm³/mol. The number of hydrogen-bond donors (Lipinski definition) is 0. The van der Waals surface area contributed by atoms with Crippen LogP contribution in [0.15, 0.2) is 121 Å². The summed E-state index contributed by atoms with van der Waals surface area (Å²) in [5, 5.41) is 5.54. The molecule has 0 saturated carbocycles. The molecule has 0 amide bonds. The van der Waals surface area contributed by atoms with Gasteiger partial charge in [0.25, 0.3) is 0 Å². The molecule has 0 aromatic heterocycles. The standard InChI is InChI=1S/C17H17.C13H10.C8H11.2ClH.Zr/c1-3-12-5-7-16-14(9-12)11-15-10-13(4-2)6-8-17(15)16;1-3-7-12(8-4-1)11-13-9-5-2-6-10-13;1-7(2)8-5-3-4-6-8;;;/h5-11H,3-4H2,1-2H3;1-10H;3,5,7H,4H2,1-2H3;2*1H;/q-1;;-1;;;+2/p-2. The summed E-state index contributed by atoms with van der Waals surface area (Å²) >= 11 is 1.46. The Morgan fingerprint density at radius 2 is 1.20 bits per heavy atom. The summed E-state index contributed by atoms with van der Waals surface area (Å²) in [5.74, 6) is 0.661. The van der Waals surface area contributed by atoms with Gasteiger partial charge >= 0.3 is 99.2 Å². The van der Waals surface area contributed by atoms with Gasteiger partial charge in [-0.2, -0.15) is 6.08 Å². The van der Waals surface area contributed by atoms with Crippen LogP contribution in [-0.4, -0.2) is 3.21 Å². The fourth-order valence-electron chi connectivity index (χ4n) is 4.76. The van der Waals surface area contributed by atoms with E-state index in [0.29, 0.717) is 5.92 Å². The van der Waals surface area contributed by atoms with Crippen LogP contribution in [0, 0.1) is 12.0 Å². The van der Waals surface area contributed by atoms with E-state index in [-0.39, 0.29) is 24.8 Å². The SMILES string of the molecule is CC(C)C1=[C-]CC=C1.CCc1ccc2c(c1)[cH-]c1cc(CC)ccc12.[Cl-].[Cl-].[Zr+2]=[C](c1ccccc1)c1ccccc1. The first-order chi connectivity index (χ1) is 19.0. The van der Waals surface area contributed by atoms with Crippen molar-refractivity contribution < 1.29 is 49.0 Å². The van der Waals surface area contributed by atoms with Crippen molar-refractivity contribution in [3.8, 4) is 0 Å². The zero-order valence-corrected chi connectivity index (χ0v) is 28.4. The monoisotopic (exact) mass is 654 g/mol. The number of allylic oxidation sites excluding steroid dienone is 4. The van der Waals surface area contributed by atoms with Gasteiger partial charge < -0.3 is 24.8 Å². The quantitative estimate of drug-likeness (QED) is 0.252. The van der Waals surface area contributed by atoms with E-state index in [1.54, 1.807) is 0 Å². The number of hydrogen-bond acceptors (Lipinski definition) is 0.